The molecule has 1 heterocycles. The highest BCUT2D eigenvalue weighted by Gasteiger charge is 2.36. The predicted molar refractivity (Wildman–Crippen MR) is 75.4 cm³/mol. The van der Waals surface area contributed by atoms with Gasteiger partial charge in [-0.2, -0.15) is 0 Å². The lowest BCUT2D eigenvalue weighted by molar-refractivity contribution is -0.150. The normalized spacial score (nSPS) is 19.7. The van der Waals surface area contributed by atoms with Crippen molar-refractivity contribution in [3.63, 3.8) is 0 Å². The van der Waals surface area contributed by atoms with Gasteiger partial charge >= 0.3 is 5.97 Å². The molecule has 6 nitrogen and oxygen atoms in total. The lowest BCUT2D eigenvalue weighted by Gasteiger charge is -2.33. The molecule has 0 spiro atoms. The summed E-state index contributed by atoms with van der Waals surface area (Å²) in [7, 11) is 0. The molecule has 0 bridgehead atoms. The fourth-order valence-electron chi connectivity index (χ4n) is 2.12. The SMILES string of the molecule is C=CCN(CC(=O)O)C(=O)C1Oc2ccccc2OC1C. The summed E-state index contributed by atoms with van der Waals surface area (Å²) in [5.41, 5.74) is 0. The van der Waals surface area contributed by atoms with E-state index in [1.165, 1.54) is 11.0 Å². The van der Waals surface area contributed by atoms with Crippen molar-refractivity contribution in [3.8, 4) is 11.5 Å². The van der Waals surface area contributed by atoms with E-state index in [1.807, 2.05) is 6.07 Å². The van der Waals surface area contributed by atoms with Crippen LogP contribution in [0.1, 0.15) is 6.92 Å². The zero-order valence-corrected chi connectivity index (χ0v) is 11.7. The highest BCUT2D eigenvalue weighted by Crippen LogP contribution is 2.33. The maximum Gasteiger partial charge on any atom is 0.323 e. The number of rotatable bonds is 5. The number of carbonyl (C=O) groups is 2. The van der Waals surface area contributed by atoms with Crippen LogP contribution in [0.4, 0.5) is 0 Å². The van der Waals surface area contributed by atoms with Crippen LogP contribution in [0.2, 0.25) is 0 Å². The number of carboxylic acids is 1. The lowest BCUT2D eigenvalue weighted by Crippen LogP contribution is -2.51. The van der Waals surface area contributed by atoms with E-state index in [0.29, 0.717) is 11.5 Å². The molecule has 1 aromatic rings. The molecule has 1 N–H and O–H groups in total. The molecule has 0 aromatic heterocycles. The zero-order valence-electron chi connectivity index (χ0n) is 11.7. The number of carboxylic acid groups (broad SMARTS) is 1. The van der Waals surface area contributed by atoms with Crippen molar-refractivity contribution in [3.05, 3.63) is 36.9 Å². The van der Waals surface area contributed by atoms with Gasteiger partial charge in [0.2, 0.25) is 6.10 Å². The fourth-order valence-corrected chi connectivity index (χ4v) is 2.12. The van der Waals surface area contributed by atoms with Gasteiger partial charge in [0.25, 0.3) is 5.91 Å². The third-order valence-corrected chi connectivity index (χ3v) is 3.07. The minimum Gasteiger partial charge on any atom is -0.482 e. The maximum atomic E-state index is 12.5. The van der Waals surface area contributed by atoms with Gasteiger partial charge in [0.15, 0.2) is 11.5 Å². The van der Waals surface area contributed by atoms with E-state index < -0.39 is 30.6 Å². The molecule has 2 rings (SSSR count). The van der Waals surface area contributed by atoms with Crippen LogP contribution in [0.5, 0.6) is 11.5 Å². The smallest absolute Gasteiger partial charge is 0.323 e. The van der Waals surface area contributed by atoms with Gasteiger partial charge in [-0.05, 0) is 19.1 Å². The number of hydrogen-bond acceptors (Lipinski definition) is 4. The number of ether oxygens (including phenoxy) is 2. The van der Waals surface area contributed by atoms with E-state index in [2.05, 4.69) is 6.58 Å². The Balaban J connectivity index is 2.18. The maximum absolute atomic E-state index is 12.5. The second-order valence-electron chi connectivity index (χ2n) is 4.71. The molecule has 1 aliphatic rings. The minimum absolute atomic E-state index is 0.138. The van der Waals surface area contributed by atoms with Gasteiger partial charge in [0.05, 0.1) is 0 Å². The summed E-state index contributed by atoms with van der Waals surface area (Å²) in [6.45, 7) is 4.98. The monoisotopic (exact) mass is 291 g/mol. The standard InChI is InChI=1S/C15H17NO5/c1-3-8-16(9-13(17)18)15(19)14-10(2)20-11-6-4-5-7-12(11)21-14/h3-7,10,14H,1,8-9H2,2H3,(H,17,18). The Bertz CT molecular complexity index is 557. The Morgan fingerprint density at radius 2 is 1.95 bits per heavy atom. The Morgan fingerprint density at radius 1 is 1.33 bits per heavy atom. The highest BCUT2D eigenvalue weighted by atomic mass is 16.6. The molecular weight excluding hydrogens is 274 g/mol. The molecule has 2 atom stereocenters. The van der Waals surface area contributed by atoms with Gasteiger partial charge < -0.3 is 19.5 Å². The number of nitrogens with zero attached hydrogens (tertiary/aromatic N) is 1. The number of benzene rings is 1. The lowest BCUT2D eigenvalue weighted by atomic mass is 10.1. The number of hydrogen-bond donors (Lipinski definition) is 1. The van der Waals surface area contributed by atoms with Crippen LogP contribution in [-0.2, 0) is 9.59 Å². The van der Waals surface area contributed by atoms with Crippen molar-refractivity contribution in [1.82, 2.24) is 4.90 Å². The number of para-hydroxylation sites is 2. The van der Waals surface area contributed by atoms with Crippen molar-refractivity contribution in [2.75, 3.05) is 13.1 Å². The minimum atomic E-state index is -1.09. The molecule has 1 aromatic carbocycles. The topological polar surface area (TPSA) is 76.1 Å². The molecule has 21 heavy (non-hydrogen) atoms. The largest absolute Gasteiger partial charge is 0.482 e. The van der Waals surface area contributed by atoms with Crippen molar-refractivity contribution in [2.45, 2.75) is 19.1 Å². The number of fused-ring (bicyclic) bond motifs is 1. The van der Waals surface area contributed by atoms with Crippen LogP contribution in [0.15, 0.2) is 36.9 Å². The molecule has 0 fully saturated rings. The summed E-state index contributed by atoms with van der Waals surface area (Å²) in [5, 5.41) is 8.88. The molecule has 0 saturated heterocycles. The van der Waals surface area contributed by atoms with E-state index in [4.69, 9.17) is 14.6 Å². The van der Waals surface area contributed by atoms with Crippen LogP contribution in [0.25, 0.3) is 0 Å². The van der Waals surface area contributed by atoms with Crippen molar-refractivity contribution in [2.24, 2.45) is 0 Å². The Labute approximate surface area is 122 Å². The van der Waals surface area contributed by atoms with Crippen molar-refractivity contribution >= 4 is 11.9 Å². The second-order valence-corrected chi connectivity index (χ2v) is 4.71. The molecule has 0 aliphatic carbocycles. The first-order valence-electron chi connectivity index (χ1n) is 6.56. The first-order valence-corrected chi connectivity index (χ1v) is 6.56. The van der Waals surface area contributed by atoms with Crippen LogP contribution in [-0.4, -0.2) is 47.2 Å². The van der Waals surface area contributed by atoms with E-state index in [-0.39, 0.29) is 6.54 Å². The van der Waals surface area contributed by atoms with Crippen LogP contribution in [0, 0.1) is 0 Å². The Kier molecular flexibility index (Phi) is 4.47. The van der Waals surface area contributed by atoms with Crippen LogP contribution in [0.3, 0.4) is 0 Å². The molecule has 112 valence electrons. The Hall–Kier alpha value is -2.50. The van der Waals surface area contributed by atoms with Gasteiger partial charge in [-0.25, -0.2) is 0 Å². The summed E-state index contributed by atoms with van der Waals surface area (Å²) >= 11 is 0. The molecule has 1 amide bonds. The summed E-state index contributed by atoms with van der Waals surface area (Å²) in [6.07, 6.45) is 0.0936. The highest BCUT2D eigenvalue weighted by molar-refractivity contribution is 5.86. The fraction of sp³-hybridized carbons (Fsp3) is 0.333. The number of aliphatic carboxylic acids is 1. The van der Waals surface area contributed by atoms with Crippen molar-refractivity contribution < 1.29 is 24.2 Å². The van der Waals surface area contributed by atoms with Crippen LogP contribution >= 0.6 is 0 Å². The molecule has 2 unspecified atom stereocenters. The summed E-state index contributed by atoms with van der Waals surface area (Å²) in [6, 6.07) is 7.05. The molecule has 1 aliphatic heterocycles. The predicted octanol–water partition coefficient (Wildman–Crippen LogP) is 1.31. The third-order valence-electron chi connectivity index (χ3n) is 3.07. The number of carbonyl (C=O) groups excluding carboxylic acids is 1. The van der Waals surface area contributed by atoms with Gasteiger partial charge in [-0.15, -0.1) is 6.58 Å². The van der Waals surface area contributed by atoms with E-state index >= 15 is 0 Å². The Morgan fingerprint density at radius 3 is 2.52 bits per heavy atom. The van der Waals surface area contributed by atoms with E-state index in [0.717, 1.165) is 0 Å². The summed E-state index contributed by atoms with van der Waals surface area (Å²) < 4.78 is 11.3. The van der Waals surface area contributed by atoms with Crippen molar-refractivity contribution in [1.29, 1.82) is 0 Å². The summed E-state index contributed by atoms with van der Waals surface area (Å²) in [4.78, 5) is 24.5. The first kappa shape index (κ1) is 14.9. The van der Waals surface area contributed by atoms with Crippen LogP contribution < -0.4 is 9.47 Å². The molecule has 0 saturated carbocycles. The average Bonchev–Trinajstić information content (AvgIpc) is 2.45. The molecular formula is C15H17NO5. The van der Waals surface area contributed by atoms with Gasteiger partial charge in [-0.3, -0.25) is 9.59 Å². The quantitative estimate of drug-likeness (QED) is 0.828. The summed E-state index contributed by atoms with van der Waals surface area (Å²) in [5.74, 6) is -0.473. The number of amides is 1. The first-order chi connectivity index (χ1) is 10.0. The van der Waals surface area contributed by atoms with Gasteiger partial charge in [0.1, 0.15) is 12.6 Å². The van der Waals surface area contributed by atoms with E-state index in [1.54, 1.807) is 25.1 Å². The third kappa shape index (κ3) is 3.34. The van der Waals surface area contributed by atoms with E-state index in [9.17, 15) is 9.59 Å². The average molecular weight is 291 g/mol. The van der Waals surface area contributed by atoms with Gasteiger partial charge in [0, 0.05) is 6.54 Å². The zero-order chi connectivity index (χ0) is 15.4. The van der Waals surface area contributed by atoms with Gasteiger partial charge in [-0.1, -0.05) is 18.2 Å². The molecule has 6 heteroatoms. The molecule has 0 radical (unpaired) electrons. The second kappa shape index (κ2) is 6.30.